The van der Waals surface area contributed by atoms with E-state index in [9.17, 15) is 0 Å². The second-order valence-corrected chi connectivity index (χ2v) is 2.66. The summed E-state index contributed by atoms with van der Waals surface area (Å²) in [6.45, 7) is 4.76. The van der Waals surface area contributed by atoms with Crippen molar-refractivity contribution in [3.63, 3.8) is 0 Å². The predicted molar refractivity (Wildman–Crippen MR) is 44.8 cm³/mol. The molecule has 0 bridgehead atoms. The van der Waals surface area contributed by atoms with Gasteiger partial charge in [-0.2, -0.15) is 0 Å². The first kappa shape index (κ1) is 11.8. The van der Waals surface area contributed by atoms with Crippen LogP contribution in [0.3, 0.4) is 0 Å². The van der Waals surface area contributed by atoms with E-state index in [4.69, 9.17) is 4.74 Å². The van der Waals surface area contributed by atoms with Crippen LogP contribution in [0.2, 0.25) is 0 Å². The van der Waals surface area contributed by atoms with Crippen molar-refractivity contribution < 1.29 is 18.9 Å². The summed E-state index contributed by atoms with van der Waals surface area (Å²) in [6.07, 6.45) is 0. The first-order valence-electron chi connectivity index (χ1n) is 3.94. The highest BCUT2D eigenvalue weighted by molar-refractivity contribution is 4.56. The van der Waals surface area contributed by atoms with Crippen LogP contribution in [-0.2, 0) is 18.9 Å². The molecule has 12 heavy (non-hydrogen) atoms. The Bertz CT molecular complexity index is 79.1. The van der Waals surface area contributed by atoms with Crippen LogP contribution < -0.4 is 0 Å². The SMILES string of the molecule is CC1COC1.COCOCOC. The summed E-state index contributed by atoms with van der Waals surface area (Å²) in [6, 6.07) is 0. The maximum absolute atomic E-state index is 4.83. The van der Waals surface area contributed by atoms with E-state index in [2.05, 4.69) is 21.1 Å². The fourth-order valence-electron chi connectivity index (χ4n) is 0.554. The molecule has 1 rings (SSSR count). The van der Waals surface area contributed by atoms with Crippen molar-refractivity contribution in [2.45, 2.75) is 6.92 Å². The van der Waals surface area contributed by atoms with Gasteiger partial charge >= 0.3 is 0 Å². The third-order valence-electron chi connectivity index (χ3n) is 1.21. The van der Waals surface area contributed by atoms with Gasteiger partial charge in [-0.15, -0.1) is 0 Å². The molecule has 0 unspecified atom stereocenters. The van der Waals surface area contributed by atoms with Gasteiger partial charge in [-0.1, -0.05) is 6.92 Å². The number of methoxy groups -OCH3 is 2. The van der Waals surface area contributed by atoms with Crippen LogP contribution in [0.25, 0.3) is 0 Å². The van der Waals surface area contributed by atoms with Gasteiger partial charge < -0.3 is 18.9 Å². The highest BCUT2D eigenvalue weighted by Gasteiger charge is 2.09. The van der Waals surface area contributed by atoms with Crippen molar-refractivity contribution in [2.24, 2.45) is 5.92 Å². The Morgan fingerprint density at radius 2 is 1.58 bits per heavy atom. The van der Waals surface area contributed by atoms with Gasteiger partial charge in [0.1, 0.15) is 13.6 Å². The van der Waals surface area contributed by atoms with Gasteiger partial charge in [0.05, 0.1) is 13.2 Å². The average Bonchev–Trinajstić information content (AvgIpc) is 2.03. The molecular weight excluding hydrogens is 160 g/mol. The molecule has 0 radical (unpaired) electrons. The van der Waals surface area contributed by atoms with Gasteiger partial charge in [0.25, 0.3) is 0 Å². The number of hydrogen-bond acceptors (Lipinski definition) is 4. The summed E-state index contributed by atoms with van der Waals surface area (Å²) in [4.78, 5) is 0. The normalized spacial score (nSPS) is 16.2. The van der Waals surface area contributed by atoms with Crippen molar-refractivity contribution in [1.29, 1.82) is 0 Å². The molecule has 0 aromatic rings. The van der Waals surface area contributed by atoms with Crippen LogP contribution in [0.15, 0.2) is 0 Å². The summed E-state index contributed by atoms with van der Waals surface area (Å²) in [5.74, 6) is 0.843. The molecule has 1 saturated heterocycles. The van der Waals surface area contributed by atoms with Gasteiger partial charge in [-0.25, -0.2) is 0 Å². The third-order valence-corrected chi connectivity index (χ3v) is 1.21. The van der Waals surface area contributed by atoms with Gasteiger partial charge in [0.15, 0.2) is 0 Å². The monoisotopic (exact) mass is 178 g/mol. The molecule has 1 heterocycles. The Balaban J connectivity index is 0.000000211. The van der Waals surface area contributed by atoms with E-state index in [1.165, 1.54) is 0 Å². The lowest BCUT2D eigenvalue weighted by Crippen LogP contribution is -2.23. The summed E-state index contributed by atoms with van der Waals surface area (Å²) in [5.41, 5.74) is 0. The van der Waals surface area contributed by atoms with E-state index < -0.39 is 0 Å². The molecule has 4 heteroatoms. The topological polar surface area (TPSA) is 36.9 Å². The van der Waals surface area contributed by atoms with Crippen LogP contribution in [0, 0.1) is 5.92 Å². The van der Waals surface area contributed by atoms with E-state index in [1.807, 2.05) is 0 Å². The average molecular weight is 178 g/mol. The Labute approximate surface area is 73.7 Å². The maximum atomic E-state index is 4.83. The molecule has 4 nitrogen and oxygen atoms in total. The molecule has 1 aliphatic rings. The molecule has 74 valence electrons. The number of ether oxygens (including phenoxy) is 4. The number of hydrogen-bond donors (Lipinski definition) is 0. The highest BCUT2D eigenvalue weighted by atomic mass is 16.7. The predicted octanol–water partition coefficient (Wildman–Crippen LogP) is 0.863. The summed E-state index contributed by atoms with van der Waals surface area (Å²) in [5, 5.41) is 0. The Kier molecular flexibility index (Phi) is 8.81. The van der Waals surface area contributed by atoms with E-state index in [0.717, 1.165) is 19.1 Å². The maximum Gasteiger partial charge on any atom is 0.149 e. The van der Waals surface area contributed by atoms with Crippen LogP contribution in [0.5, 0.6) is 0 Å². The second-order valence-electron chi connectivity index (χ2n) is 2.66. The van der Waals surface area contributed by atoms with Gasteiger partial charge in [-0.3, -0.25) is 0 Å². The second kappa shape index (κ2) is 8.93. The minimum absolute atomic E-state index is 0.299. The molecular formula is C8H18O4. The van der Waals surface area contributed by atoms with Crippen LogP contribution in [-0.4, -0.2) is 41.0 Å². The summed E-state index contributed by atoms with van der Waals surface area (Å²) >= 11 is 0. The van der Waals surface area contributed by atoms with Gasteiger partial charge in [0.2, 0.25) is 0 Å². The molecule has 0 N–H and O–H groups in total. The zero-order valence-electron chi connectivity index (χ0n) is 8.04. The minimum atomic E-state index is 0.299. The molecule has 0 aromatic heterocycles. The lowest BCUT2D eigenvalue weighted by molar-refractivity contribution is -0.107. The van der Waals surface area contributed by atoms with Gasteiger partial charge in [0, 0.05) is 20.1 Å². The van der Waals surface area contributed by atoms with E-state index in [-0.39, 0.29) is 0 Å². The van der Waals surface area contributed by atoms with E-state index >= 15 is 0 Å². The minimum Gasteiger partial charge on any atom is -0.381 e. The molecule has 0 saturated carbocycles. The first-order chi connectivity index (χ1) is 5.81. The quantitative estimate of drug-likeness (QED) is 0.472. The fraction of sp³-hybridized carbons (Fsp3) is 1.00. The van der Waals surface area contributed by atoms with Crippen LogP contribution in [0.1, 0.15) is 6.92 Å². The van der Waals surface area contributed by atoms with Crippen molar-refractivity contribution in [2.75, 3.05) is 41.0 Å². The fourth-order valence-corrected chi connectivity index (χ4v) is 0.554. The molecule has 1 fully saturated rings. The Hall–Kier alpha value is -0.160. The molecule has 1 aliphatic heterocycles. The first-order valence-corrected chi connectivity index (χ1v) is 3.94. The smallest absolute Gasteiger partial charge is 0.149 e. The standard InChI is InChI=1S/C4H10O3.C4H8O/c1-5-3-7-4-6-2;1-4-2-5-3-4/h3-4H2,1-2H3;4H,2-3H2,1H3. The van der Waals surface area contributed by atoms with Crippen molar-refractivity contribution in [1.82, 2.24) is 0 Å². The van der Waals surface area contributed by atoms with E-state index in [1.54, 1.807) is 14.2 Å². The summed E-state index contributed by atoms with van der Waals surface area (Å²) in [7, 11) is 3.13. The third kappa shape index (κ3) is 7.94. The lowest BCUT2D eigenvalue weighted by atomic mass is 10.2. The molecule has 0 amide bonds. The number of rotatable bonds is 4. The largest absolute Gasteiger partial charge is 0.381 e. The van der Waals surface area contributed by atoms with Crippen LogP contribution in [0.4, 0.5) is 0 Å². The molecule has 0 aliphatic carbocycles. The van der Waals surface area contributed by atoms with Gasteiger partial charge in [-0.05, 0) is 0 Å². The Morgan fingerprint density at radius 3 is 1.75 bits per heavy atom. The molecule has 0 aromatic carbocycles. The van der Waals surface area contributed by atoms with E-state index in [0.29, 0.717) is 13.6 Å². The van der Waals surface area contributed by atoms with Crippen molar-refractivity contribution in [3.05, 3.63) is 0 Å². The zero-order chi connectivity index (χ0) is 9.23. The van der Waals surface area contributed by atoms with Crippen molar-refractivity contribution >= 4 is 0 Å². The highest BCUT2D eigenvalue weighted by Crippen LogP contribution is 2.05. The van der Waals surface area contributed by atoms with Crippen molar-refractivity contribution in [3.8, 4) is 0 Å². The molecule has 0 spiro atoms. The summed E-state index contributed by atoms with van der Waals surface area (Å²) < 4.78 is 18.6. The molecule has 0 atom stereocenters. The lowest BCUT2D eigenvalue weighted by Gasteiger charge is -2.20. The zero-order valence-corrected chi connectivity index (χ0v) is 8.04. The Morgan fingerprint density at radius 1 is 1.17 bits per heavy atom. The van der Waals surface area contributed by atoms with Crippen LogP contribution >= 0.6 is 0 Å².